The van der Waals surface area contributed by atoms with Gasteiger partial charge in [-0.1, -0.05) is 5.21 Å². The van der Waals surface area contributed by atoms with Gasteiger partial charge in [-0.25, -0.2) is 4.68 Å². The molecule has 0 aromatic carbocycles. The monoisotopic (exact) mass is 310 g/mol. The van der Waals surface area contributed by atoms with Crippen LogP contribution in [0.4, 0.5) is 0 Å². The minimum absolute atomic E-state index is 0.101. The number of rotatable bonds is 3. The number of hydrogen-bond acceptors (Lipinski definition) is 5. The predicted octanol–water partition coefficient (Wildman–Crippen LogP) is 2.39. The zero-order valence-electron chi connectivity index (χ0n) is 13.3. The smallest absolute Gasteiger partial charge is 0.0965 e. The average Bonchev–Trinajstić information content (AvgIpc) is 3.06. The zero-order valence-corrected chi connectivity index (χ0v) is 14.1. The minimum atomic E-state index is 0.101. The van der Waals surface area contributed by atoms with E-state index >= 15 is 0 Å². The molecule has 0 saturated carbocycles. The molecule has 5 nitrogen and oxygen atoms in total. The summed E-state index contributed by atoms with van der Waals surface area (Å²) in [4.78, 5) is 0. The van der Waals surface area contributed by atoms with Crippen molar-refractivity contribution in [3.63, 3.8) is 0 Å². The van der Waals surface area contributed by atoms with Gasteiger partial charge in [0.15, 0.2) is 0 Å². The molecule has 2 aliphatic heterocycles. The maximum atomic E-state index is 6.08. The van der Waals surface area contributed by atoms with Crippen LogP contribution in [0, 0.1) is 0 Å². The van der Waals surface area contributed by atoms with Crippen LogP contribution < -0.4 is 5.32 Å². The highest BCUT2D eigenvalue weighted by molar-refractivity contribution is 7.99. The molecule has 6 heteroatoms. The van der Waals surface area contributed by atoms with E-state index in [1.807, 2.05) is 11.8 Å². The van der Waals surface area contributed by atoms with Crippen molar-refractivity contribution in [1.82, 2.24) is 20.3 Å². The fraction of sp³-hybridized carbons (Fsp3) is 0.867. The normalized spacial score (nSPS) is 30.1. The van der Waals surface area contributed by atoms with Crippen molar-refractivity contribution in [2.75, 3.05) is 18.1 Å². The Bertz CT molecular complexity index is 476. The Balaban J connectivity index is 1.63. The summed E-state index contributed by atoms with van der Waals surface area (Å²) in [6, 6.07) is 0.438. The van der Waals surface area contributed by atoms with E-state index in [0.717, 1.165) is 37.4 Å². The first-order chi connectivity index (χ1) is 9.96. The van der Waals surface area contributed by atoms with Crippen molar-refractivity contribution in [2.45, 2.75) is 63.8 Å². The summed E-state index contributed by atoms with van der Waals surface area (Å²) in [5, 5.41) is 12.1. The highest BCUT2D eigenvalue weighted by Gasteiger charge is 2.41. The second-order valence-electron chi connectivity index (χ2n) is 7.27. The SMILES string of the molecule is CC(C)(C)NCc1cn(C2CCOC3(CCSC3)C2)nn1. The molecule has 2 atom stereocenters. The number of nitrogens with zero attached hydrogens (tertiary/aromatic N) is 3. The van der Waals surface area contributed by atoms with Gasteiger partial charge in [-0.15, -0.1) is 5.10 Å². The molecule has 2 fully saturated rings. The summed E-state index contributed by atoms with van der Waals surface area (Å²) >= 11 is 2.01. The lowest BCUT2D eigenvalue weighted by Crippen LogP contribution is -2.40. The molecule has 1 aromatic rings. The Morgan fingerprint density at radius 3 is 3.10 bits per heavy atom. The molecule has 21 heavy (non-hydrogen) atoms. The van der Waals surface area contributed by atoms with Crippen molar-refractivity contribution >= 4 is 11.8 Å². The van der Waals surface area contributed by atoms with Gasteiger partial charge in [0.2, 0.25) is 0 Å². The van der Waals surface area contributed by atoms with Crippen molar-refractivity contribution in [3.05, 3.63) is 11.9 Å². The van der Waals surface area contributed by atoms with Gasteiger partial charge in [-0.2, -0.15) is 11.8 Å². The van der Waals surface area contributed by atoms with Gasteiger partial charge in [-0.3, -0.25) is 0 Å². The molecule has 0 amide bonds. The molecule has 2 unspecified atom stereocenters. The zero-order chi connectivity index (χ0) is 14.9. The standard InChI is InChI=1S/C15H26N4OS/c1-14(2,3)16-9-12-10-19(18-17-12)13-4-6-20-15(8-13)5-7-21-11-15/h10,13,16H,4-9,11H2,1-3H3. The van der Waals surface area contributed by atoms with Crippen LogP contribution in [-0.4, -0.2) is 44.2 Å². The minimum Gasteiger partial charge on any atom is -0.374 e. The van der Waals surface area contributed by atoms with Crippen LogP contribution in [0.15, 0.2) is 6.20 Å². The van der Waals surface area contributed by atoms with E-state index in [9.17, 15) is 0 Å². The molecule has 0 aliphatic carbocycles. The Labute approximate surface area is 131 Å². The maximum Gasteiger partial charge on any atom is 0.0965 e. The molecule has 0 bridgehead atoms. The van der Waals surface area contributed by atoms with Crippen LogP contribution in [0.5, 0.6) is 0 Å². The molecule has 3 rings (SSSR count). The molecular weight excluding hydrogens is 284 g/mol. The molecule has 0 radical (unpaired) electrons. The summed E-state index contributed by atoms with van der Waals surface area (Å²) < 4.78 is 8.14. The second kappa shape index (κ2) is 5.89. The van der Waals surface area contributed by atoms with E-state index in [4.69, 9.17) is 4.74 Å². The Kier molecular flexibility index (Phi) is 4.30. The Morgan fingerprint density at radius 2 is 2.38 bits per heavy atom. The topological polar surface area (TPSA) is 52.0 Å². The van der Waals surface area contributed by atoms with Crippen LogP contribution in [-0.2, 0) is 11.3 Å². The van der Waals surface area contributed by atoms with Crippen molar-refractivity contribution in [2.24, 2.45) is 0 Å². The average molecular weight is 310 g/mol. The third-order valence-corrected chi connectivity index (χ3v) is 5.49. The first kappa shape index (κ1) is 15.3. The molecule has 2 saturated heterocycles. The molecule has 3 heterocycles. The molecule has 1 N–H and O–H groups in total. The predicted molar refractivity (Wildman–Crippen MR) is 85.5 cm³/mol. The first-order valence-corrected chi connectivity index (χ1v) is 8.99. The maximum absolute atomic E-state index is 6.08. The van der Waals surface area contributed by atoms with E-state index < -0.39 is 0 Å². The van der Waals surface area contributed by atoms with Gasteiger partial charge < -0.3 is 10.1 Å². The van der Waals surface area contributed by atoms with Crippen LogP contribution in [0.3, 0.4) is 0 Å². The van der Waals surface area contributed by atoms with Crippen LogP contribution in [0.2, 0.25) is 0 Å². The van der Waals surface area contributed by atoms with Gasteiger partial charge in [-0.05, 0) is 45.8 Å². The number of aromatic nitrogens is 3. The number of ether oxygens (including phenoxy) is 1. The Morgan fingerprint density at radius 1 is 1.52 bits per heavy atom. The summed E-state index contributed by atoms with van der Waals surface area (Å²) in [7, 11) is 0. The van der Waals surface area contributed by atoms with Gasteiger partial charge in [0, 0.05) is 24.4 Å². The van der Waals surface area contributed by atoms with Crippen molar-refractivity contribution < 1.29 is 4.74 Å². The van der Waals surface area contributed by atoms with E-state index in [1.54, 1.807) is 0 Å². The quantitative estimate of drug-likeness (QED) is 0.929. The van der Waals surface area contributed by atoms with Crippen molar-refractivity contribution in [3.8, 4) is 0 Å². The van der Waals surface area contributed by atoms with Crippen LogP contribution in [0.1, 0.15) is 51.8 Å². The molecule has 118 valence electrons. The van der Waals surface area contributed by atoms with E-state index in [2.05, 4.69) is 47.3 Å². The molecule has 1 spiro atoms. The summed E-state index contributed by atoms with van der Waals surface area (Å²) in [5.41, 5.74) is 1.22. The van der Waals surface area contributed by atoms with E-state index in [-0.39, 0.29) is 11.1 Å². The van der Waals surface area contributed by atoms with Gasteiger partial charge >= 0.3 is 0 Å². The highest BCUT2D eigenvalue weighted by atomic mass is 32.2. The fourth-order valence-corrected chi connectivity index (χ4v) is 4.40. The van der Waals surface area contributed by atoms with Crippen LogP contribution >= 0.6 is 11.8 Å². The van der Waals surface area contributed by atoms with E-state index in [1.165, 1.54) is 12.2 Å². The van der Waals surface area contributed by atoms with E-state index in [0.29, 0.717) is 6.04 Å². The molecule has 2 aliphatic rings. The first-order valence-electron chi connectivity index (χ1n) is 7.83. The second-order valence-corrected chi connectivity index (χ2v) is 8.38. The molecular formula is C15H26N4OS. The van der Waals surface area contributed by atoms with Crippen LogP contribution in [0.25, 0.3) is 0 Å². The highest BCUT2D eigenvalue weighted by Crippen LogP contribution is 2.41. The Hall–Kier alpha value is -0.590. The third-order valence-electron chi connectivity index (χ3n) is 4.27. The fourth-order valence-electron chi connectivity index (χ4n) is 3.02. The van der Waals surface area contributed by atoms with Gasteiger partial charge in [0.1, 0.15) is 0 Å². The lowest BCUT2D eigenvalue weighted by Gasteiger charge is -2.37. The van der Waals surface area contributed by atoms with Crippen molar-refractivity contribution in [1.29, 1.82) is 0 Å². The number of hydrogen-bond donors (Lipinski definition) is 1. The third kappa shape index (κ3) is 3.79. The summed E-state index contributed by atoms with van der Waals surface area (Å²) in [6.07, 6.45) is 5.41. The lowest BCUT2D eigenvalue weighted by molar-refractivity contribution is -0.0780. The molecule has 1 aromatic heterocycles. The number of nitrogens with one attached hydrogen (secondary N) is 1. The lowest BCUT2D eigenvalue weighted by atomic mass is 9.90. The summed E-state index contributed by atoms with van der Waals surface area (Å²) in [5.74, 6) is 2.36. The van der Waals surface area contributed by atoms with Gasteiger partial charge in [0.25, 0.3) is 0 Å². The summed E-state index contributed by atoms with van der Waals surface area (Å²) in [6.45, 7) is 8.11. The number of thioether (sulfide) groups is 1. The largest absolute Gasteiger partial charge is 0.374 e. The van der Waals surface area contributed by atoms with Gasteiger partial charge in [0.05, 0.1) is 23.5 Å².